The van der Waals surface area contributed by atoms with E-state index in [1.165, 1.54) is 18.3 Å². The van der Waals surface area contributed by atoms with Crippen LogP contribution in [0, 0.1) is 11.6 Å². The van der Waals surface area contributed by atoms with Crippen LogP contribution in [0.15, 0.2) is 41.1 Å². The average molecular weight is 270 g/mol. The minimum atomic E-state index is -0.584. The predicted molar refractivity (Wildman–Crippen MR) is 57.3 cm³/mol. The number of rotatable bonds is 1. The van der Waals surface area contributed by atoms with Crippen molar-refractivity contribution >= 4 is 15.9 Å². The number of hydrogen-bond donors (Lipinski definition) is 0. The Kier molecular flexibility index (Phi) is 2.77. The highest BCUT2D eigenvalue weighted by Gasteiger charge is 2.06. The van der Waals surface area contributed by atoms with E-state index in [2.05, 4.69) is 20.9 Å². The van der Waals surface area contributed by atoms with Gasteiger partial charge in [-0.05, 0) is 34.1 Å². The van der Waals surface area contributed by atoms with E-state index < -0.39 is 11.6 Å². The molecule has 0 aliphatic rings. The fraction of sp³-hybridized carbons (Fsp3) is 0. The molecule has 0 radical (unpaired) electrons. The maximum atomic E-state index is 13.4. The molecular formula is C11H6BrF2N. The second-order valence-electron chi connectivity index (χ2n) is 2.99. The Morgan fingerprint density at radius 2 is 1.87 bits per heavy atom. The zero-order chi connectivity index (χ0) is 10.8. The second kappa shape index (κ2) is 4.06. The van der Waals surface area contributed by atoms with Crippen LogP contribution in [0.3, 0.4) is 0 Å². The summed E-state index contributed by atoms with van der Waals surface area (Å²) in [7, 11) is 0. The second-order valence-corrected chi connectivity index (χ2v) is 3.81. The minimum absolute atomic E-state index is 0.344. The van der Waals surface area contributed by atoms with E-state index in [1.54, 1.807) is 12.1 Å². The molecule has 2 rings (SSSR count). The van der Waals surface area contributed by atoms with Gasteiger partial charge in [-0.3, -0.25) is 0 Å². The summed E-state index contributed by atoms with van der Waals surface area (Å²) in [5.41, 5.74) is 0.965. The van der Waals surface area contributed by atoms with Crippen LogP contribution in [0.25, 0.3) is 11.1 Å². The largest absolute Gasteiger partial charge is 0.249 e. The summed E-state index contributed by atoms with van der Waals surface area (Å²) in [6, 6.07) is 6.90. The molecular weight excluding hydrogens is 264 g/mol. The first-order chi connectivity index (χ1) is 7.16. The van der Waals surface area contributed by atoms with Crippen LogP contribution in [0.1, 0.15) is 0 Å². The highest BCUT2D eigenvalue weighted by molar-refractivity contribution is 9.10. The Morgan fingerprint density at radius 3 is 2.47 bits per heavy atom. The van der Waals surface area contributed by atoms with Crippen molar-refractivity contribution in [2.75, 3.05) is 0 Å². The predicted octanol–water partition coefficient (Wildman–Crippen LogP) is 3.79. The molecule has 1 aromatic heterocycles. The third-order valence-corrected chi connectivity index (χ3v) is 2.44. The van der Waals surface area contributed by atoms with Gasteiger partial charge in [0.1, 0.15) is 16.2 Å². The van der Waals surface area contributed by atoms with Gasteiger partial charge in [-0.15, -0.1) is 0 Å². The number of benzene rings is 1. The molecule has 4 heteroatoms. The standard InChI is InChI=1S/C11H6BrF2N/c12-11-4-1-7(6-15-11)9-3-2-8(13)5-10(9)14/h1-6H. The Hall–Kier alpha value is -1.29. The summed E-state index contributed by atoms with van der Waals surface area (Å²) in [6.07, 6.45) is 1.53. The third-order valence-electron chi connectivity index (χ3n) is 1.97. The van der Waals surface area contributed by atoms with Crippen molar-refractivity contribution in [1.29, 1.82) is 0 Å². The monoisotopic (exact) mass is 269 g/mol. The molecule has 15 heavy (non-hydrogen) atoms. The first-order valence-corrected chi connectivity index (χ1v) is 5.03. The SMILES string of the molecule is Fc1ccc(-c2ccc(Br)nc2)c(F)c1. The molecule has 0 aliphatic carbocycles. The van der Waals surface area contributed by atoms with Gasteiger partial charge in [0.25, 0.3) is 0 Å². The van der Waals surface area contributed by atoms with E-state index in [0.717, 1.165) is 6.07 Å². The maximum Gasteiger partial charge on any atom is 0.133 e. The summed E-state index contributed by atoms with van der Waals surface area (Å²) in [5, 5.41) is 0. The van der Waals surface area contributed by atoms with Crippen molar-refractivity contribution < 1.29 is 8.78 Å². The van der Waals surface area contributed by atoms with Crippen LogP contribution in [0.4, 0.5) is 8.78 Å². The topological polar surface area (TPSA) is 12.9 Å². The van der Waals surface area contributed by atoms with Crippen molar-refractivity contribution in [2.24, 2.45) is 0 Å². The lowest BCUT2D eigenvalue weighted by molar-refractivity contribution is 0.585. The highest BCUT2D eigenvalue weighted by Crippen LogP contribution is 2.23. The van der Waals surface area contributed by atoms with Crippen LogP contribution in [0.5, 0.6) is 0 Å². The van der Waals surface area contributed by atoms with Crippen LogP contribution in [-0.2, 0) is 0 Å². The molecule has 0 saturated heterocycles. The van der Waals surface area contributed by atoms with Gasteiger partial charge < -0.3 is 0 Å². The molecule has 0 spiro atoms. The summed E-state index contributed by atoms with van der Waals surface area (Å²) < 4.78 is 26.7. The normalized spacial score (nSPS) is 10.3. The van der Waals surface area contributed by atoms with Crippen molar-refractivity contribution in [3.63, 3.8) is 0 Å². The van der Waals surface area contributed by atoms with Gasteiger partial charge in [0.15, 0.2) is 0 Å². The van der Waals surface area contributed by atoms with E-state index >= 15 is 0 Å². The van der Waals surface area contributed by atoms with Crippen LogP contribution >= 0.6 is 15.9 Å². The molecule has 0 saturated carbocycles. The lowest BCUT2D eigenvalue weighted by atomic mass is 10.1. The van der Waals surface area contributed by atoms with Crippen LogP contribution in [-0.4, -0.2) is 4.98 Å². The maximum absolute atomic E-state index is 13.4. The van der Waals surface area contributed by atoms with E-state index in [4.69, 9.17) is 0 Å². The molecule has 1 nitrogen and oxygen atoms in total. The van der Waals surface area contributed by atoms with E-state index in [1.807, 2.05) is 0 Å². The van der Waals surface area contributed by atoms with Crippen LogP contribution in [0.2, 0.25) is 0 Å². The van der Waals surface area contributed by atoms with E-state index in [0.29, 0.717) is 15.7 Å². The van der Waals surface area contributed by atoms with Crippen molar-refractivity contribution in [1.82, 2.24) is 4.98 Å². The lowest BCUT2D eigenvalue weighted by Crippen LogP contribution is -1.87. The molecule has 0 amide bonds. The van der Waals surface area contributed by atoms with Crippen LogP contribution < -0.4 is 0 Å². The molecule has 0 aliphatic heterocycles. The van der Waals surface area contributed by atoms with Gasteiger partial charge in [-0.1, -0.05) is 6.07 Å². The molecule has 1 aromatic carbocycles. The van der Waals surface area contributed by atoms with Gasteiger partial charge in [-0.2, -0.15) is 0 Å². The Balaban J connectivity index is 2.49. The minimum Gasteiger partial charge on any atom is -0.249 e. The molecule has 76 valence electrons. The molecule has 0 N–H and O–H groups in total. The lowest BCUT2D eigenvalue weighted by Gasteiger charge is -2.02. The fourth-order valence-electron chi connectivity index (χ4n) is 1.26. The highest BCUT2D eigenvalue weighted by atomic mass is 79.9. The van der Waals surface area contributed by atoms with E-state index in [-0.39, 0.29) is 0 Å². The van der Waals surface area contributed by atoms with Crippen molar-refractivity contribution in [3.05, 3.63) is 52.8 Å². The smallest absolute Gasteiger partial charge is 0.133 e. The molecule has 0 bridgehead atoms. The van der Waals surface area contributed by atoms with E-state index in [9.17, 15) is 8.78 Å². The number of halogens is 3. The van der Waals surface area contributed by atoms with Gasteiger partial charge in [0, 0.05) is 23.4 Å². The van der Waals surface area contributed by atoms with Gasteiger partial charge in [-0.25, -0.2) is 13.8 Å². The first kappa shape index (κ1) is 10.2. The zero-order valence-electron chi connectivity index (χ0n) is 7.55. The zero-order valence-corrected chi connectivity index (χ0v) is 9.13. The van der Waals surface area contributed by atoms with Gasteiger partial charge >= 0.3 is 0 Å². The van der Waals surface area contributed by atoms with Gasteiger partial charge in [0.05, 0.1) is 0 Å². The van der Waals surface area contributed by atoms with Gasteiger partial charge in [0.2, 0.25) is 0 Å². The molecule has 0 atom stereocenters. The Labute approximate surface area is 93.9 Å². The number of hydrogen-bond acceptors (Lipinski definition) is 1. The molecule has 0 unspecified atom stereocenters. The molecule has 2 aromatic rings. The third kappa shape index (κ3) is 2.21. The summed E-state index contributed by atoms with van der Waals surface area (Å²) >= 11 is 3.18. The summed E-state index contributed by atoms with van der Waals surface area (Å²) in [4.78, 5) is 3.98. The Morgan fingerprint density at radius 1 is 1.07 bits per heavy atom. The molecule has 0 fully saturated rings. The number of aromatic nitrogens is 1. The fourth-order valence-corrected chi connectivity index (χ4v) is 1.49. The molecule has 1 heterocycles. The quantitative estimate of drug-likeness (QED) is 0.718. The summed E-state index contributed by atoms with van der Waals surface area (Å²) in [5.74, 6) is -1.17. The summed E-state index contributed by atoms with van der Waals surface area (Å²) in [6.45, 7) is 0. The van der Waals surface area contributed by atoms with Crippen molar-refractivity contribution in [2.45, 2.75) is 0 Å². The number of pyridine rings is 1. The first-order valence-electron chi connectivity index (χ1n) is 4.24. The Bertz CT molecular complexity index is 482. The average Bonchev–Trinajstić information content (AvgIpc) is 2.20. The van der Waals surface area contributed by atoms with Crippen molar-refractivity contribution in [3.8, 4) is 11.1 Å². The number of nitrogens with zero attached hydrogens (tertiary/aromatic N) is 1.